The Morgan fingerprint density at radius 1 is 1.25 bits per heavy atom. The Morgan fingerprint density at radius 2 is 2.08 bits per heavy atom. The number of amides is 1. The van der Waals surface area contributed by atoms with Crippen molar-refractivity contribution in [1.82, 2.24) is 24.7 Å². The average Bonchev–Trinajstić information content (AvgIpc) is 3.42. The van der Waals surface area contributed by atoms with Crippen LogP contribution >= 0.6 is 0 Å². The molecule has 4 heterocycles. The maximum Gasteiger partial charge on any atom is 0.344 e. The van der Waals surface area contributed by atoms with Crippen LogP contribution in [0.3, 0.4) is 0 Å². The fraction of sp³-hybridized carbons (Fsp3) is 0.304. The van der Waals surface area contributed by atoms with Gasteiger partial charge in [-0.1, -0.05) is 0 Å². The number of fused-ring (bicyclic) bond motifs is 1. The molecule has 0 saturated carbocycles. The van der Waals surface area contributed by atoms with Gasteiger partial charge >= 0.3 is 5.97 Å². The molecule has 1 amide bonds. The molecule has 1 fully saturated rings. The number of anilines is 3. The molecule has 1 aliphatic heterocycles. The van der Waals surface area contributed by atoms with Crippen LogP contribution in [-0.4, -0.2) is 62.9 Å². The van der Waals surface area contributed by atoms with Gasteiger partial charge in [0.05, 0.1) is 30.4 Å². The first-order valence-electron chi connectivity index (χ1n) is 11.3. The van der Waals surface area contributed by atoms with Gasteiger partial charge < -0.3 is 29.8 Å². The third-order valence-electron chi connectivity index (χ3n) is 5.57. The maximum absolute atomic E-state index is 12.0. The fourth-order valence-corrected chi connectivity index (χ4v) is 3.77. The van der Waals surface area contributed by atoms with E-state index in [4.69, 9.17) is 19.6 Å². The summed E-state index contributed by atoms with van der Waals surface area (Å²) in [5, 5.41) is 7.10. The molecule has 36 heavy (non-hydrogen) atoms. The molecule has 0 bridgehead atoms. The molecule has 0 radical (unpaired) electrons. The van der Waals surface area contributed by atoms with E-state index in [1.165, 1.54) is 0 Å². The van der Waals surface area contributed by atoms with Gasteiger partial charge in [-0.05, 0) is 19.1 Å². The van der Waals surface area contributed by atoms with Crippen LogP contribution in [-0.2, 0) is 16.6 Å². The van der Waals surface area contributed by atoms with Crippen LogP contribution in [0.15, 0.2) is 41.2 Å². The summed E-state index contributed by atoms with van der Waals surface area (Å²) in [7, 11) is 1.78. The number of benzene rings is 1. The topological polar surface area (TPSA) is 164 Å². The predicted octanol–water partition coefficient (Wildman–Crippen LogP) is 1.74. The summed E-state index contributed by atoms with van der Waals surface area (Å²) in [6.07, 6.45) is 4.99. The molecule has 3 N–H and O–H groups in total. The highest BCUT2D eigenvalue weighted by molar-refractivity contribution is 5.96. The molecular weight excluding hydrogens is 468 g/mol. The van der Waals surface area contributed by atoms with Gasteiger partial charge in [0.15, 0.2) is 23.7 Å². The van der Waals surface area contributed by atoms with E-state index in [1.807, 2.05) is 4.90 Å². The number of rotatable bonds is 9. The van der Waals surface area contributed by atoms with E-state index < -0.39 is 11.9 Å². The van der Waals surface area contributed by atoms with Crippen LogP contribution in [0.5, 0.6) is 5.75 Å². The summed E-state index contributed by atoms with van der Waals surface area (Å²) in [5.41, 5.74) is 8.14. The van der Waals surface area contributed by atoms with Crippen molar-refractivity contribution < 1.29 is 23.5 Å². The predicted molar refractivity (Wildman–Crippen MR) is 128 cm³/mol. The van der Waals surface area contributed by atoms with Crippen molar-refractivity contribution >= 4 is 40.5 Å². The van der Waals surface area contributed by atoms with Crippen molar-refractivity contribution in [2.24, 2.45) is 12.8 Å². The summed E-state index contributed by atoms with van der Waals surface area (Å²) >= 11 is 0. The van der Waals surface area contributed by atoms with Crippen molar-refractivity contribution in [1.29, 1.82) is 0 Å². The van der Waals surface area contributed by atoms with Crippen LogP contribution in [0.2, 0.25) is 0 Å². The van der Waals surface area contributed by atoms with E-state index in [9.17, 15) is 9.59 Å². The molecular formula is C23H24N8O5. The Balaban J connectivity index is 1.25. The van der Waals surface area contributed by atoms with Gasteiger partial charge in [-0.3, -0.25) is 9.48 Å². The number of ether oxygens (including phenoxy) is 2. The second-order valence-electron chi connectivity index (χ2n) is 8.21. The number of oxazole rings is 1. The summed E-state index contributed by atoms with van der Waals surface area (Å²) in [5.74, 6) is -0.330. The number of aromatic nitrogens is 5. The molecule has 0 unspecified atom stereocenters. The van der Waals surface area contributed by atoms with Gasteiger partial charge in [0.2, 0.25) is 0 Å². The summed E-state index contributed by atoms with van der Waals surface area (Å²) in [4.78, 5) is 38.8. The van der Waals surface area contributed by atoms with E-state index in [1.54, 1.807) is 55.4 Å². The van der Waals surface area contributed by atoms with Crippen molar-refractivity contribution in [2.75, 3.05) is 36.5 Å². The molecule has 0 atom stereocenters. The first-order chi connectivity index (χ1) is 17.4. The van der Waals surface area contributed by atoms with Gasteiger partial charge in [0.1, 0.15) is 11.3 Å². The third kappa shape index (κ3) is 4.76. The summed E-state index contributed by atoms with van der Waals surface area (Å²) in [6.45, 7) is 3.02. The molecule has 186 valence electrons. The highest BCUT2D eigenvalue weighted by Crippen LogP contribution is 2.33. The smallest absolute Gasteiger partial charge is 0.344 e. The van der Waals surface area contributed by atoms with Crippen LogP contribution in [0, 0.1) is 0 Å². The van der Waals surface area contributed by atoms with E-state index >= 15 is 0 Å². The van der Waals surface area contributed by atoms with Gasteiger partial charge in [0.25, 0.3) is 11.9 Å². The quantitative estimate of drug-likeness (QED) is 0.327. The molecule has 3 aromatic heterocycles. The van der Waals surface area contributed by atoms with E-state index in [2.05, 4.69) is 25.4 Å². The molecule has 1 saturated heterocycles. The van der Waals surface area contributed by atoms with Gasteiger partial charge in [-0.25, -0.2) is 14.8 Å². The summed E-state index contributed by atoms with van der Waals surface area (Å²) < 4.78 is 17.8. The Hall–Kier alpha value is -4.68. The second-order valence-corrected chi connectivity index (χ2v) is 8.21. The number of nitrogens with one attached hydrogen (secondary N) is 1. The number of esters is 1. The molecule has 13 heteroatoms. The summed E-state index contributed by atoms with van der Waals surface area (Å²) in [6, 6.07) is 5.62. The van der Waals surface area contributed by atoms with Crippen molar-refractivity contribution in [3.05, 3.63) is 48.2 Å². The lowest BCUT2D eigenvalue weighted by Gasteiger charge is -2.37. The zero-order chi connectivity index (χ0) is 25.2. The number of nitrogens with two attached hydrogens (primary N) is 1. The Bertz CT molecular complexity index is 1430. The zero-order valence-corrected chi connectivity index (χ0v) is 19.7. The number of hydrogen-bond donors (Lipinski definition) is 2. The number of nitrogens with zero attached hydrogens (tertiary/aromatic N) is 6. The van der Waals surface area contributed by atoms with Crippen molar-refractivity contribution in [3.63, 3.8) is 0 Å². The lowest BCUT2D eigenvalue weighted by Crippen LogP contribution is -2.45. The van der Waals surface area contributed by atoms with Crippen LogP contribution in [0.1, 0.15) is 29.0 Å². The van der Waals surface area contributed by atoms with Gasteiger partial charge in [-0.2, -0.15) is 10.1 Å². The second kappa shape index (κ2) is 9.52. The maximum atomic E-state index is 12.0. The number of carbonyl (C=O) groups is 2. The molecule has 0 spiro atoms. The normalized spacial score (nSPS) is 13.4. The number of aryl methyl sites for hydroxylation is 1. The minimum absolute atomic E-state index is 0.0292. The molecule has 5 rings (SSSR count). The highest BCUT2D eigenvalue weighted by Gasteiger charge is 2.33. The first-order valence-corrected chi connectivity index (χ1v) is 11.3. The van der Waals surface area contributed by atoms with Crippen LogP contribution < -0.4 is 20.7 Å². The minimum Gasteiger partial charge on any atom is -0.482 e. The van der Waals surface area contributed by atoms with E-state index in [-0.39, 0.29) is 24.0 Å². The van der Waals surface area contributed by atoms with Crippen molar-refractivity contribution in [2.45, 2.75) is 12.8 Å². The molecule has 1 aromatic carbocycles. The molecule has 13 nitrogen and oxygen atoms in total. The lowest BCUT2D eigenvalue weighted by molar-refractivity contribution is -0.145. The van der Waals surface area contributed by atoms with Gasteiger partial charge in [0, 0.05) is 38.3 Å². The minimum atomic E-state index is -0.674. The molecule has 0 aliphatic carbocycles. The average molecular weight is 492 g/mol. The monoisotopic (exact) mass is 492 g/mol. The van der Waals surface area contributed by atoms with Crippen molar-refractivity contribution in [3.8, 4) is 5.75 Å². The molecule has 4 aromatic rings. The number of carbonyl (C=O) groups excluding carboxylic acids is 2. The number of primary amides is 1. The Morgan fingerprint density at radius 3 is 2.81 bits per heavy atom. The fourth-order valence-electron chi connectivity index (χ4n) is 3.77. The van der Waals surface area contributed by atoms with E-state index in [0.717, 1.165) is 0 Å². The highest BCUT2D eigenvalue weighted by atomic mass is 16.6. The van der Waals surface area contributed by atoms with Crippen LogP contribution in [0.4, 0.5) is 17.5 Å². The third-order valence-corrected chi connectivity index (χ3v) is 5.57. The SMILES string of the molecule is CCOC(=O)COc1ccc2nc(N3CC(c4cnc(Nc5cnn(C)c5)c(C(N)=O)n4)C3)oc2c1. The van der Waals surface area contributed by atoms with Gasteiger partial charge in [-0.15, -0.1) is 0 Å². The van der Waals surface area contributed by atoms with E-state index in [0.29, 0.717) is 53.9 Å². The lowest BCUT2D eigenvalue weighted by atomic mass is 9.97. The van der Waals surface area contributed by atoms with Crippen LogP contribution in [0.25, 0.3) is 11.1 Å². The Kier molecular flexibility index (Phi) is 6.10. The standard InChI is InChI=1S/C23H24N8O5/c1-3-34-19(32)12-35-15-4-5-16-18(6-15)36-23(29-16)31-9-13(10-31)17-8-25-22(20(28-17)21(24)33)27-14-7-26-30(2)11-14/h4-8,11,13H,3,9-10,12H2,1-2H3,(H2,24,33)(H,25,27). The Labute approximate surface area is 205 Å². The number of hydrogen-bond acceptors (Lipinski definition) is 11. The zero-order valence-electron chi connectivity index (χ0n) is 19.7. The first kappa shape index (κ1) is 23.1. The molecule has 1 aliphatic rings. The largest absolute Gasteiger partial charge is 0.482 e.